The Morgan fingerprint density at radius 1 is 0.576 bits per heavy atom. The Morgan fingerprint density at radius 3 is 1.06 bits per heavy atom. The number of ether oxygens (including phenoxy) is 1. The first-order valence-corrected chi connectivity index (χ1v) is 11.5. The Kier molecular flexibility index (Phi) is 10.0. The van der Waals surface area contributed by atoms with Crippen molar-refractivity contribution in [3.05, 3.63) is 0 Å². The lowest BCUT2D eigenvalue weighted by Crippen LogP contribution is -2.46. The Hall–Kier alpha value is -1.38. The van der Waals surface area contributed by atoms with Crippen LogP contribution in [0.5, 0.6) is 0 Å². The van der Waals surface area contributed by atoms with Crippen LogP contribution in [0.4, 0.5) is 39.5 Å². The summed E-state index contributed by atoms with van der Waals surface area (Å²) >= 11 is 0. The van der Waals surface area contributed by atoms with Gasteiger partial charge in [-0.05, 0) is 0 Å². The molecule has 196 valence electrons. The first-order valence-electron chi connectivity index (χ1n) is 7.31. The molecule has 0 fully saturated rings. The minimum absolute atomic E-state index is 0.869. The second-order valence-electron chi connectivity index (χ2n) is 5.68. The summed E-state index contributed by atoms with van der Waals surface area (Å²) in [5.74, 6) is 1.69. The highest BCUT2D eigenvalue weighted by molar-refractivity contribution is 7.88. The van der Waals surface area contributed by atoms with Crippen LogP contribution in [0.25, 0.3) is 0 Å². The van der Waals surface area contributed by atoms with Crippen molar-refractivity contribution in [3.8, 4) is 12.3 Å². The lowest BCUT2D eigenvalue weighted by molar-refractivity contribution is -0.0801. The minimum atomic E-state index is -6.58. The van der Waals surface area contributed by atoms with E-state index in [-0.39, 0.29) is 0 Å². The van der Waals surface area contributed by atoms with Gasteiger partial charge in [0.05, 0.1) is 31.8 Å². The van der Waals surface area contributed by atoms with Crippen molar-refractivity contribution in [2.45, 2.75) is 16.5 Å². The van der Waals surface area contributed by atoms with Crippen molar-refractivity contribution in [3.63, 3.8) is 0 Å². The van der Waals surface area contributed by atoms with Gasteiger partial charge in [0.25, 0.3) is 0 Å². The van der Waals surface area contributed by atoms with Crippen LogP contribution in [-0.4, -0.2) is 74.8 Å². The minimum Gasteiger partial charge on any atom is -0.368 e. The Morgan fingerprint density at radius 2 is 0.848 bits per heavy atom. The van der Waals surface area contributed by atoms with Crippen LogP contribution in [0.2, 0.25) is 0 Å². The number of hydrogen-bond donors (Lipinski definition) is 0. The molecule has 22 heteroatoms. The van der Waals surface area contributed by atoms with E-state index in [9.17, 15) is 64.8 Å². The fourth-order valence-corrected chi connectivity index (χ4v) is 3.00. The zero-order valence-corrected chi connectivity index (χ0v) is 17.8. The van der Waals surface area contributed by atoms with E-state index in [1.807, 2.05) is 0 Å². The van der Waals surface area contributed by atoms with Gasteiger partial charge in [-0.15, -0.1) is 6.42 Å². The van der Waals surface area contributed by atoms with Crippen LogP contribution in [0.1, 0.15) is 0 Å². The number of terminal acetylenes is 1. The van der Waals surface area contributed by atoms with E-state index in [1.165, 1.54) is 0 Å². The molecule has 0 bridgehead atoms. The van der Waals surface area contributed by atoms with Crippen molar-refractivity contribution in [2.75, 3.05) is 33.0 Å². The fraction of sp³-hybridized carbons (Fsp3) is 0.818. The topological polar surface area (TPSA) is 139 Å². The largest absolute Gasteiger partial charge is 0.523 e. The molecule has 0 amide bonds. The zero-order chi connectivity index (χ0) is 26.6. The summed E-state index contributed by atoms with van der Waals surface area (Å²) in [5, 5.41) is 0. The maximum Gasteiger partial charge on any atom is 0.523 e. The summed E-state index contributed by atoms with van der Waals surface area (Å²) in [4.78, 5) is 0. The van der Waals surface area contributed by atoms with Gasteiger partial charge in [-0.25, -0.2) is 0 Å². The Labute approximate surface area is 180 Å². The first kappa shape index (κ1) is 31.6. The molecule has 0 heterocycles. The summed E-state index contributed by atoms with van der Waals surface area (Å²) < 4.78 is 193. The van der Waals surface area contributed by atoms with Gasteiger partial charge in [0.15, 0.2) is 0 Å². The molecule has 0 aliphatic carbocycles. The first-order chi connectivity index (χ1) is 14.4. The zero-order valence-electron chi connectivity index (χ0n) is 15.3. The van der Waals surface area contributed by atoms with E-state index in [0.29, 0.717) is 0 Å². The second-order valence-corrected chi connectivity index (χ2v) is 10.5. The van der Waals surface area contributed by atoms with Gasteiger partial charge in [0.2, 0.25) is 0 Å². The third-order valence-electron chi connectivity index (χ3n) is 3.00. The lowest BCUT2D eigenvalue weighted by atomic mass is 9.93. The predicted molar refractivity (Wildman–Crippen MR) is 84.9 cm³/mol. The number of halogens is 9. The summed E-state index contributed by atoms with van der Waals surface area (Å²) in [6, 6.07) is 0. The molecule has 0 N–H and O–H groups in total. The molecule has 0 aromatic carbocycles. The van der Waals surface area contributed by atoms with Crippen LogP contribution in [0.3, 0.4) is 0 Å². The fourth-order valence-electron chi connectivity index (χ4n) is 1.38. The highest BCUT2D eigenvalue weighted by Gasteiger charge is 2.53. The highest BCUT2D eigenvalue weighted by Crippen LogP contribution is 2.33. The Balaban J connectivity index is 6.27. The summed E-state index contributed by atoms with van der Waals surface area (Å²) in [5.41, 5.74) is -21.6. The molecule has 10 nitrogen and oxygen atoms in total. The highest BCUT2D eigenvalue weighted by atomic mass is 32.2. The quantitative estimate of drug-likeness (QED) is 0.111. The molecule has 0 atom stereocenters. The molecular formula is C11H11F9O10S3. The van der Waals surface area contributed by atoms with Gasteiger partial charge in [-0.2, -0.15) is 64.8 Å². The average Bonchev–Trinajstić information content (AvgIpc) is 2.60. The number of rotatable bonds is 12. The van der Waals surface area contributed by atoms with Gasteiger partial charge in [0, 0.05) is 0 Å². The second kappa shape index (κ2) is 10.5. The van der Waals surface area contributed by atoms with Gasteiger partial charge >= 0.3 is 46.9 Å². The van der Waals surface area contributed by atoms with Crippen molar-refractivity contribution < 1.29 is 82.1 Å². The maximum atomic E-state index is 12.5. The molecule has 33 heavy (non-hydrogen) atoms. The summed E-state index contributed by atoms with van der Waals surface area (Å²) in [6.07, 6.45) is 4.76. The molecule has 0 aliphatic heterocycles. The monoisotopic (exact) mass is 570 g/mol. The van der Waals surface area contributed by atoms with Crippen LogP contribution in [0, 0.1) is 17.8 Å². The van der Waals surface area contributed by atoms with E-state index < -0.39 is 85.3 Å². The Bertz CT molecular complexity index is 901. The molecule has 0 aromatic heterocycles. The molecule has 0 saturated carbocycles. The average molecular weight is 570 g/mol. The molecule has 0 rings (SSSR count). The van der Waals surface area contributed by atoms with E-state index in [2.05, 4.69) is 17.3 Å². The SMILES string of the molecule is C#CCOCC(COS(=O)(=O)C(F)(F)F)(COS(=O)(=O)C(F)(F)F)COS(=O)(=O)C(F)(F)F. The maximum absolute atomic E-state index is 12.5. The summed E-state index contributed by atoms with van der Waals surface area (Å²) in [6.45, 7) is -8.74. The normalized spacial score (nSPS) is 14.8. The van der Waals surface area contributed by atoms with Crippen molar-refractivity contribution in [1.82, 2.24) is 0 Å². The van der Waals surface area contributed by atoms with Gasteiger partial charge in [-0.1, -0.05) is 5.92 Å². The van der Waals surface area contributed by atoms with Crippen LogP contribution in [0.15, 0.2) is 0 Å². The van der Waals surface area contributed by atoms with Gasteiger partial charge in [0.1, 0.15) is 6.61 Å². The number of hydrogen-bond acceptors (Lipinski definition) is 10. The number of alkyl halides is 9. The van der Waals surface area contributed by atoms with Crippen LogP contribution >= 0.6 is 0 Å². The summed E-state index contributed by atoms with van der Waals surface area (Å²) in [7, 11) is -19.7. The smallest absolute Gasteiger partial charge is 0.368 e. The van der Waals surface area contributed by atoms with Gasteiger partial charge in [-0.3, -0.25) is 12.5 Å². The van der Waals surface area contributed by atoms with Crippen LogP contribution in [-0.2, 0) is 47.6 Å². The third kappa shape index (κ3) is 9.06. The molecule has 0 saturated heterocycles. The van der Waals surface area contributed by atoms with Crippen LogP contribution < -0.4 is 0 Å². The lowest BCUT2D eigenvalue weighted by Gasteiger charge is -2.31. The van der Waals surface area contributed by atoms with Crippen molar-refractivity contribution in [1.29, 1.82) is 0 Å². The molecular weight excluding hydrogens is 559 g/mol. The molecule has 0 aromatic rings. The van der Waals surface area contributed by atoms with Crippen molar-refractivity contribution >= 4 is 30.4 Å². The van der Waals surface area contributed by atoms with Crippen molar-refractivity contribution in [2.24, 2.45) is 5.41 Å². The van der Waals surface area contributed by atoms with Gasteiger partial charge < -0.3 is 4.74 Å². The van der Waals surface area contributed by atoms with E-state index in [0.717, 1.165) is 0 Å². The van der Waals surface area contributed by atoms with E-state index in [1.54, 1.807) is 5.92 Å². The molecule has 0 unspecified atom stereocenters. The third-order valence-corrected chi connectivity index (χ3v) is 5.99. The molecule has 0 radical (unpaired) electrons. The predicted octanol–water partition coefficient (Wildman–Crippen LogP) is 1.22. The molecule has 0 spiro atoms. The van der Waals surface area contributed by atoms with E-state index in [4.69, 9.17) is 6.42 Å². The standard InChI is InChI=1S/C11H11F9O10S3/c1-2-3-27-4-8(5-28-31(21,22)9(12,13)14,6-29-32(23,24)10(15,16)17)7-30-33(25,26)11(18,19)20/h1H,3-7H2. The molecule has 0 aliphatic rings. The van der Waals surface area contributed by atoms with E-state index >= 15 is 0 Å².